The summed E-state index contributed by atoms with van der Waals surface area (Å²) in [5, 5.41) is 4.36. The minimum absolute atomic E-state index is 0.0441. The summed E-state index contributed by atoms with van der Waals surface area (Å²) in [6.07, 6.45) is 0. The third-order valence-electron chi connectivity index (χ3n) is 2.91. The predicted molar refractivity (Wildman–Crippen MR) is 80.0 cm³/mol. The van der Waals surface area contributed by atoms with E-state index in [0.29, 0.717) is 4.21 Å². The van der Waals surface area contributed by atoms with Crippen molar-refractivity contribution in [2.45, 2.75) is 24.1 Å². The number of rotatable bonds is 7. The maximum Gasteiger partial charge on any atom is 0.252 e. The van der Waals surface area contributed by atoms with Gasteiger partial charge in [0.25, 0.3) is 10.0 Å². The van der Waals surface area contributed by atoms with Crippen molar-refractivity contribution >= 4 is 27.3 Å². The second-order valence-electron chi connectivity index (χ2n) is 4.82. The van der Waals surface area contributed by atoms with Crippen LogP contribution in [-0.4, -0.2) is 44.8 Å². The van der Waals surface area contributed by atoms with Crippen molar-refractivity contribution < 1.29 is 13.2 Å². The van der Waals surface area contributed by atoms with Crippen LogP contribution in [0.1, 0.15) is 13.8 Å². The van der Waals surface area contributed by atoms with Crippen LogP contribution in [0.25, 0.3) is 0 Å². The van der Waals surface area contributed by atoms with Crippen LogP contribution in [0.3, 0.4) is 0 Å². The molecule has 0 aliphatic heterocycles. The van der Waals surface area contributed by atoms with Crippen LogP contribution in [0.15, 0.2) is 21.7 Å². The first kappa shape index (κ1) is 17.1. The van der Waals surface area contributed by atoms with E-state index >= 15 is 0 Å². The Morgan fingerprint density at radius 2 is 2.15 bits per heavy atom. The third kappa shape index (κ3) is 4.27. The third-order valence-corrected chi connectivity index (χ3v) is 6.14. The summed E-state index contributed by atoms with van der Waals surface area (Å²) in [7, 11) is -1.97. The molecule has 114 valence electrons. The van der Waals surface area contributed by atoms with Crippen molar-refractivity contribution in [1.29, 1.82) is 0 Å². The van der Waals surface area contributed by atoms with Gasteiger partial charge < -0.3 is 11.1 Å². The number of amides is 1. The van der Waals surface area contributed by atoms with E-state index in [0.717, 1.165) is 0 Å². The average Bonchev–Trinajstić information content (AvgIpc) is 2.91. The maximum absolute atomic E-state index is 12.1. The number of sulfonamides is 1. The highest BCUT2D eigenvalue weighted by molar-refractivity contribution is 7.91. The van der Waals surface area contributed by atoms with E-state index in [-0.39, 0.29) is 24.9 Å². The van der Waals surface area contributed by atoms with Crippen LogP contribution in [0, 0.1) is 5.92 Å². The molecule has 1 aromatic heterocycles. The fourth-order valence-electron chi connectivity index (χ4n) is 1.44. The van der Waals surface area contributed by atoms with E-state index in [1.807, 2.05) is 13.8 Å². The highest BCUT2D eigenvalue weighted by Gasteiger charge is 2.22. The Hall–Kier alpha value is -0.960. The molecule has 0 unspecified atom stereocenters. The minimum Gasteiger partial charge on any atom is -0.353 e. The van der Waals surface area contributed by atoms with Gasteiger partial charge in [0.15, 0.2) is 0 Å². The average molecular weight is 319 g/mol. The number of thiophene rings is 1. The van der Waals surface area contributed by atoms with Crippen molar-refractivity contribution in [3.05, 3.63) is 17.5 Å². The van der Waals surface area contributed by atoms with Crippen LogP contribution in [0.2, 0.25) is 0 Å². The molecule has 0 saturated heterocycles. The molecule has 0 aromatic carbocycles. The molecule has 3 N–H and O–H groups in total. The van der Waals surface area contributed by atoms with Gasteiger partial charge in [0, 0.05) is 20.1 Å². The van der Waals surface area contributed by atoms with E-state index in [9.17, 15) is 13.2 Å². The van der Waals surface area contributed by atoms with E-state index in [1.165, 1.54) is 22.7 Å². The highest BCUT2D eigenvalue weighted by atomic mass is 32.2. The van der Waals surface area contributed by atoms with Gasteiger partial charge in [-0.2, -0.15) is 4.31 Å². The second-order valence-corrected chi connectivity index (χ2v) is 8.04. The maximum atomic E-state index is 12.1. The summed E-state index contributed by atoms with van der Waals surface area (Å²) in [6, 6.07) is 2.67. The van der Waals surface area contributed by atoms with Gasteiger partial charge in [0.1, 0.15) is 4.21 Å². The number of carbonyl (C=O) groups is 1. The molecule has 0 aliphatic carbocycles. The molecule has 0 saturated carbocycles. The van der Waals surface area contributed by atoms with E-state index < -0.39 is 16.1 Å². The first-order chi connectivity index (χ1) is 9.26. The predicted octanol–water partition coefficient (Wildman–Crippen LogP) is 0.468. The van der Waals surface area contributed by atoms with Crippen LogP contribution >= 0.6 is 11.3 Å². The second kappa shape index (κ2) is 7.16. The summed E-state index contributed by atoms with van der Waals surface area (Å²) in [5.74, 6) is -0.218. The Balaban J connectivity index is 2.49. The molecule has 0 fully saturated rings. The monoisotopic (exact) mass is 319 g/mol. The Bertz CT molecular complexity index is 526. The number of nitrogens with two attached hydrogens (primary N) is 1. The van der Waals surface area contributed by atoms with Gasteiger partial charge >= 0.3 is 0 Å². The van der Waals surface area contributed by atoms with Crippen LogP contribution in [0.4, 0.5) is 0 Å². The van der Waals surface area contributed by atoms with Crippen molar-refractivity contribution in [3.63, 3.8) is 0 Å². The minimum atomic E-state index is -3.46. The zero-order chi connectivity index (χ0) is 15.3. The quantitative estimate of drug-likeness (QED) is 0.764. The Morgan fingerprint density at radius 3 is 2.65 bits per heavy atom. The van der Waals surface area contributed by atoms with Gasteiger partial charge in [-0.3, -0.25) is 4.79 Å². The molecule has 1 amide bonds. The SMILES string of the molecule is CC(C)[C@H](N)C(=O)NCCN(C)S(=O)(=O)c1cccs1. The zero-order valence-corrected chi connectivity index (χ0v) is 13.5. The molecule has 20 heavy (non-hydrogen) atoms. The fraction of sp³-hybridized carbons (Fsp3) is 0.583. The Kier molecular flexibility index (Phi) is 6.12. The van der Waals surface area contributed by atoms with E-state index in [4.69, 9.17) is 5.73 Å². The molecule has 0 radical (unpaired) electrons. The number of likely N-dealkylation sites (N-methyl/N-ethyl adjacent to an activating group) is 1. The van der Waals surface area contributed by atoms with Gasteiger partial charge in [-0.25, -0.2) is 8.42 Å². The molecule has 1 heterocycles. The summed E-state index contributed by atoms with van der Waals surface area (Å²) in [5.41, 5.74) is 5.70. The highest BCUT2D eigenvalue weighted by Crippen LogP contribution is 2.19. The molecule has 6 nitrogen and oxygen atoms in total. The number of hydrogen-bond acceptors (Lipinski definition) is 5. The molecule has 0 spiro atoms. The van der Waals surface area contributed by atoms with E-state index in [1.54, 1.807) is 17.5 Å². The summed E-state index contributed by atoms with van der Waals surface area (Å²) >= 11 is 1.17. The van der Waals surface area contributed by atoms with Crippen LogP contribution in [-0.2, 0) is 14.8 Å². The smallest absolute Gasteiger partial charge is 0.252 e. The molecular weight excluding hydrogens is 298 g/mol. The number of carbonyl (C=O) groups excluding carboxylic acids is 1. The number of hydrogen-bond donors (Lipinski definition) is 2. The summed E-state index contributed by atoms with van der Waals surface area (Å²) in [4.78, 5) is 11.6. The van der Waals surface area contributed by atoms with Crippen LogP contribution < -0.4 is 11.1 Å². The Labute approximate surface area is 124 Å². The van der Waals surface area contributed by atoms with Gasteiger partial charge in [-0.05, 0) is 17.4 Å². The first-order valence-electron chi connectivity index (χ1n) is 6.30. The van der Waals surface area contributed by atoms with Gasteiger partial charge in [-0.1, -0.05) is 19.9 Å². The molecule has 1 atom stereocenters. The molecule has 0 bridgehead atoms. The molecule has 1 aromatic rings. The van der Waals surface area contributed by atoms with Crippen molar-refractivity contribution in [1.82, 2.24) is 9.62 Å². The molecule has 1 rings (SSSR count). The molecule has 8 heteroatoms. The standard InChI is InChI=1S/C12H21N3O3S2/c1-9(2)11(13)12(16)14-6-7-15(3)20(17,18)10-5-4-8-19-10/h4-5,8-9,11H,6-7,13H2,1-3H3,(H,14,16)/t11-/m0/s1. The fourth-order valence-corrected chi connectivity index (χ4v) is 3.81. The number of nitrogens with one attached hydrogen (secondary N) is 1. The van der Waals surface area contributed by atoms with Gasteiger partial charge in [-0.15, -0.1) is 11.3 Å². The lowest BCUT2D eigenvalue weighted by Crippen LogP contribution is -2.46. The van der Waals surface area contributed by atoms with Crippen molar-refractivity contribution in [2.24, 2.45) is 11.7 Å². The zero-order valence-electron chi connectivity index (χ0n) is 11.9. The first-order valence-corrected chi connectivity index (χ1v) is 8.62. The lowest BCUT2D eigenvalue weighted by Gasteiger charge is -2.18. The van der Waals surface area contributed by atoms with Crippen molar-refractivity contribution in [3.8, 4) is 0 Å². The number of nitrogens with zero attached hydrogens (tertiary/aromatic N) is 1. The lowest BCUT2D eigenvalue weighted by atomic mass is 10.1. The van der Waals surface area contributed by atoms with Gasteiger partial charge in [0.2, 0.25) is 5.91 Å². The van der Waals surface area contributed by atoms with Crippen LogP contribution in [0.5, 0.6) is 0 Å². The Morgan fingerprint density at radius 1 is 1.50 bits per heavy atom. The molecular formula is C12H21N3O3S2. The summed E-state index contributed by atoms with van der Waals surface area (Å²) in [6.45, 7) is 4.16. The summed E-state index contributed by atoms with van der Waals surface area (Å²) < 4.78 is 25.7. The normalized spacial score (nSPS) is 13.7. The van der Waals surface area contributed by atoms with E-state index in [2.05, 4.69) is 5.32 Å². The topological polar surface area (TPSA) is 92.5 Å². The molecule has 0 aliphatic rings. The van der Waals surface area contributed by atoms with Crippen molar-refractivity contribution in [2.75, 3.05) is 20.1 Å². The lowest BCUT2D eigenvalue weighted by molar-refractivity contribution is -0.123. The largest absolute Gasteiger partial charge is 0.353 e. The van der Waals surface area contributed by atoms with Gasteiger partial charge in [0.05, 0.1) is 6.04 Å².